The molecule has 0 saturated carbocycles. The lowest BCUT2D eigenvalue weighted by Crippen LogP contribution is -2.05. The Morgan fingerprint density at radius 3 is 2.10 bits per heavy atom. The Bertz CT molecular complexity index is 532. The summed E-state index contributed by atoms with van der Waals surface area (Å²) in [7, 11) is 0. The minimum absolute atomic E-state index is 0.206. The lowest BCUT2D eigenvalue weighted by molar-refractivity contribution is 0.242. The van der Waals surface area contributed by atoms with Crippen molar-refractivity contribution in [2.24, 2.45) is 0 Å². The summed E-state index contributed by atoms with van der Waals surface area (Å²) in [6, 6.07) is 16.2. The average Bonchev–Trinajstić information content (AvgIpc) is 2.48. The highest BCUT2D eigenvalue weighted by Crippen LogP contribution is 2.18. The predicted molar refractivity (Wildman–Crippen MR) is 87.1 cm³/mol. The first kappa shape index (κ1) is 15.2. The second kappa shape index (κ2) is 7.58. The van der Waals surface area contributed by atoms with Gasteiger partial charge < -0.3 is 14.8 Å². The summed E-state index contributed by atoms with van der Waals surface area (Å²) in [4.78, 5) is 0. The Morgan fingerprint density at radius 2 is 1.52 bits per heavy atom. The van der Waals surface area contributed by atoms with E-state index >= 15 is 0 Å². The van der Waals surface area contributed by atoms with Gasteiger partial charge in [-0.2, -0.15) is 0 Å². The van der Waals surface area contributed by atoms with Crippen LogP contribution in [-0.2, 0) is 6.54 Å². The van der Waals surface area contributed by atoms with Gasteiger partial charge in [0.15, 0.2) is 0 Å². The third kappa shape index (κ3) is 5.03. The van der Waals surface area contributed by atoms with Crippen LogP contribution in [0.15, 0.2) is 48.5 Å². The van der Waals surface area contributed by atoms with Crippen molar-refractivity contribution in [3.8, 4) is 11.5 Å². The van der Waals surface area contributed by atoms with E-state index in [-0.39, 0.29) is 6.10 Å². The fourth-order valence-corrected chi connectivity index (χ4v) is 2.00. The van der Waals surface area contributed by atoms with Crippen molar-refractivity contribution in [1.82, 2.24) is 0 Å². The summed E-state index contributed by atoms with van der Waals surface area (Å²) in [5.74, 6) is 1.81. The summed E-state index contributed by atoms with van der Waals surface area (Å²) in [6.07, 6.45) is 0.206. The molecule has 112 valence electrons. The van der Waals surface area contributed by atoms with Crippen molar-refractivity contribution in [2.45, 2.75) is 33.4 Å². The van der Waals surface area contributed by atoms with Gasteiger partial charge in [-0.3, -0.25) is 0 Å². The molecule has 2 aromatic carbocycles. The van der Waals surface area contributed by atoms with Gasteiger partial charge in [-0.1, -0.05) is 12.1 Å². The van der Waals surface area contributed by atoms with Crippen molar-refractivity contribution in [3.63, 3.8) is 0 Å². The molecule has 0 amide bonds. The second-order valence-corrected chi connectivity index (χ2v) is 5.12. The van der Waals surface area contributed by atoms with E-state index < -0.39 is 0 Å². The maximum atomic E-state index is 5.63. The smallest absolute Gasteiger partial charge is 0.119 e. The number of benzene rings is 2. The van der Waals surface area contributed by atoms with Gasteiger partial charge in [-0.25, -0.2) is 0 Å². The van der Waals surface area contributed by atoms with Crippen molar-refractivity contribution < 1.29 is 9.47 Å². The van der Waals surface area contributed by atoms with Crippen LogP contribution in [0.25, 0.3) is 0 Å². The molecule has 3 nitrogen and oxygen atoms in total. The molecule has 2 aromatic rings. The number of anilines is 1. The number of nitrogens with one attached hydrogen (secondary N) is 1. The van der Waals surface area contributed by atoms with E-state index in [9.17, 15) is 0 Å². The second-order valence-electron chi connectivity index (χ2n) is 5.12. The highest BCUT2D eigenvalue weighted by Gasteiger charge is 1.99. The van der Waals surface area contributed by atoms with E-state index in [0.717, 1.165) is 23.7 Å². The molecule has 0 aliphatic carbocycles. The van der Waals surface area contributed by atoms with E-state index in [2.05, 4.69) is 17.4 Å². The van der Waals surface area contributed by atoms with Crippen LogP contribution < -0.4 is 14.8 Å². The third-order valence-electron chi connectivity index (χ3n) is 2.96. The quantitative estimate of drug-likeness (QED) is 0.813. The van der Waals surface area contributed by atoms with Crippen LogP contribution in [0, 0.1) is 0 Å². The van der Waals surface area contributed by atoms with Crippen LogP contribution in [0.1, 0.15) is 26.3 Å². The van der Waals surface area contributed by atoms with Gasteiger partial charge in [0, 0.05) is 12.2 Å². The van der Waals surface area contributed by atoms with Gasteiger partial charge in [-0.05, 0) is 62.7 Å². The first-order valence-electron chi connectivity index (χ1n) is 7.39. The minimum atomic E-state index is 0.206. The van der Waals surface area contributed by atoms with Crippen LogP contribution >= 0.6 is 0 Å². The van der Waals surface area contributed by atoms with E-state index in [4.69, 9.17) is 9.47 Å². The van der Waals surface area contributed by atoms with Crippen molar-refractivity contribution in [3.05, 3.63) is 54.1 Å². The first-order valence-corrected chi connectivity index (χ1v) is 7.39. The molecule has 0 atom stereocenters. The summed E-state index contributed by atoms with van der Waals surface area (Å²) in [6.45, 7) is 7.52. The molecule has 0 bridgehead atoms. The Hall–Kier alpha value is -2.16. The van der Waals surface area contributed by atoms with Gasteiger partial charge in [0.05, 0.1) is 12.7 Å². The fourth-order valence-electron chi connectivity index (χ4n) is 2.00. The fraction of sp³-hybridized carbons (Fsp3) is 0.333. The molecule has 0 heterocycles. The molecule has 0 saturated heterocycles. The molecule has 0 spiro atoms. The summed E-state index contributed by atoms with van der Waals surface area (Å²) in [5, 5.41) is 3.39. The molecule has 0 radical (unpaired) electrons. The Morgan fingerprint density at radius 1 is 0.905 bits per heavy atom. The number of hydrogen-bond donors (Lipinski definition) is 1. The molecule has 0 aliphatic rings. The maximum Gasteiger partial charge on any atom is 0.119 e. The van der Waals surface area contributed by atoms with Gasteiger partial charge in [0.1, 0.15) is 11.5 Å². The van der Waals surface area contributed by atoms with Crippen LogP contribution in [-0.4, -0.2) is 12.7 Å². The minimum Gasteiger partial charge on any atom is -0.494 e. The number of rotatable bonds is 7. The molecular formula is C18H23NO2. The Kier molecular flexibility index (Phi) is 5.50. The zero-order chi connectivity index (χ0) is 15.1. The normalized spacial score (nSPS) is 10.5. The molecule has 0 fully saturated rings. The largest absolute Gasteiger partial charge is 0.494 e. The molecule has 0 aromatic heterocycles. The van der Waals surface area contributed by atoms with Gasteiger partial charge in [-0.15, -0.1) is 0 Å². The molecule has 3 heteroatoms. The van der Waals surface area contributed by atoms with Gasteiger partial charge in [0.25, 0.3) is 0 Å². The molecule has 0 unspecified atom stereocenters. The molecule has 21 heavy (non-hydrogen) atoms. The van der Waals surface area contributed by atoms with E-state index in [1.54, 1.807) is 0 Å². The number of hydrogen-bond acceptors (Lipinski definition) is 3. The Labute approximate surface area is 126 Å². The molecule has 0 aliphatic heterocycles. The summed E-state index contributed by atoms with van der Waals surface area (Å²) < 4.78 is 11.1. The lowest BCUT2D eigenvalue weighted by Gasteiger charge is -2.11. The van der Waals surface area contributed by atoms with Gasteiger partial charge in [0.2, 0.25) is 0 Å². The molecule has 1 N–H and O–H groups in total. The van der Waals surface area contributed by atoms with Crippen LogP contribution in [0.2, 0.25) is 0 Å². The van der Waals surface area contributed by atoms with Crippen molar-refractivity contribution >= 4 is 5.69 Å². The summed E-state index contributed by atoms with van der Waals surface area (Å²) in [5.41, 5.74) is 2.31. The van der Waals surface area contributed by atoms with Crippen LogP contribution in [0.3, 0.4) is 0 Å². The van der Waals surface area contributed by atoms with Crippen LogP contribution in [0.4, 0.5) is 5.69 Å². The van der Waals surface area contributed by atoms with Crippen molar-refractivity contribution in [2.75, 3.05) is 11.9 Å². The summed E-state index contributed by atoms with van der Waals surface area (Å²) >= 11 is 0. The van der Waals surface area contributed by atoms with E-state index in [1.165, 1.54) is 5.56 Å². The van der Waals surface area contributed by atoms with E-state index in [1.807, 2.05) is 57.2 Å². The monoisotopic (exact) mass is 285 g/mol. The zero-order valence-electron chi connectivity index (χ0n) is 12.9. The standard InChI is InChI=1S/C18H23NO2/c1-4-20-17-11-7-16(8-12-17)19-13-15-5-9-18(10-6-15)21-14(2)3/h5-12,14,19H,4,13H2,1-3H3. The Balaban J connectivity index is 1.87. The number of ether oxygens (including phenoxy) is 2. The lowest BCUT2D eigenvalue weighted by atomic mass is 10.2. The predicted octanol–water partition coefficient (Wildman–Crippen LogP) is 4.48. The third-order valence-corrected chi connectivity index (χ3v) is 2.96. The van der Waals surface area contributed by atoms with Gasteiger partial charge >= 0.3 is 0 Å². The first-order chi connectivity index (χ1) is 10.2. The highest BCUT2D eigenvalue weighted by atomic mass is 16.5. The van der Waals surface area contributed by atoms with Crippen molar-refractivity contribution in [1.29, 1.82) is 0 Å². The van der Waals surface area contributed by atoms with Crippen LogP contribution in [0.5, 0.6) is 11.5 Å². The van der Waals surface area contributed by atoms with E-state index in [0.29, 0.717) is 6.61 Å². The highest BCUT2D eigenvalue weighted by molar-refractivity contribution is 5.47. The molecular weight excluding hydrogens is 262 g/mol. The average molecular weight is 285 g/mol. The molecule has 2 rings (SSSR count). The topological polar surface area (TPSA) is 30.5 Å². The zero-order valence-corrected chi connectivity index (χ0v) is 12.9. The SMILES string of the molecule is CCOc1ccc(NCc2ccc(OC(C)C)cc2)cc1. The maximum absolute atomic E-state index is 5.63.